The summed E-state index contributed by atoms with van der Waals surface area (Å²) >= 11 is 0. The molecular weight excluding hydrogens is 430 g/mol. The van der Waals surface area contributed by atoms with Gasteiger partial charge in [0.2, 0.25) is 11.8 Å². The van der Waals surface area contributed by atoms with Crippen LogP contribution in [0.4, 0.5) is 4.79 Å². The first kappa shape index (κ1) is 26.9. The molecule has 0 aromatic heterocycles. The molecule has 1 saturated carbocycles. The van der Waals surface area contributed by atoms with Crippen LogP contribution in [0.15, 0.2) is 0 Å². The number of hydrogen-bond acceptors (Lipinski definition) is 6. The molecule has 0 bridgehead atoms. The first-order valence-corrected chi connectivity index (χ1v) is 11.8. The summed E-state index contributed by atoms with van der Waals surface area (Å²) in [5.41, 5.74) is -2.06. The Labute approximate surface area is 195 Å². The minimum Gasteiger partial charge on any atom is -0.479 e. The number of aliphatic hydroxyl groups is 1. The summed E-state index contributed by atoms with van der Waals surface area (Å²) in [6.45, 7) is 8.91. The molecule has 0 spiro atoms. The average Bonchev–Trinajstić information content (AvgIpc) is 3.17. The number of nitrogens with zero attached hydrogens (tertiary/aromatic N) is 1. The van der Waals surface area contributed by atoms with Gasteiger partial charge in [0.05, 0.1) is 6.10 Å². The fourth-order valence-corrected chi connectivity index (χ4v) is 4.24. The van der Waals surface area contributed by atoms with Gasteiger partial charge >= 0.3 is 12.1 Å². The van der Waals surface area contributed by atoms with Crippen LogP contribution in [0, 0.1) is 5.92 Å². The standard InChI is InChI=1S/C23H39N3O7/c1-6-7-8-9-10-16(24-21(32)33-22(3,4)5)19(29)26-13-15(27)11-17(26)18(28)25-23(20(30)31)12-14(23)2/h14-17,27H,6-13H2,1-5H3,(H,24,32)(H,25,28)(H,30,31)/t14-,15-,16+,17+,23-/m1/s1. The van der Waals surface area contributed by atoms with Gasteiger partial charge in [-0.3, -0.25) is 9.59 Å². The molecule has 3 amide bonds. The zero-order valence-corrected chi connectivity index (χ0v) is 20.3. The zero-order valence-electron chi connectivity index (χ0n) is 20.3. The highest BCUT2D eigenvalue weighted by atomic mass is 16.6. The smallest absolute Gasteiger partial charge is 0.408 e. The summed E-state index contributed by atoms with van der Waals surface area (Å²) in [6, 6.07) is -1.92. The summed E-state index contributed by atoms with van der Waals surface area (Å²) in [6.07, 6.45) is 2.66. The van der Waals surface area contributed by atoms with Crippen molar-refractivity contribution in [2.45, 2.75) is 109 Å². The second-order valence-corrected chi connectivity index (χ2v) is 10.3. The van der Waals surface area contributed by atoms with E-state index in [2.05, 4.69) is 17.6 Å². The molecule has 1 heterocycles. The van der Waals surface area contributed by atoms with E-state index in [0.29, 0.717) is 19.3 Å². The molecule has 0 radical (unpaired) electrons. The van der Waals surface area contributed by atoms with E-state index < -0.39 is 53.2 Å². The highest BCUT2D eigenvalue weighted by Crippen LogP contribution is 2.43. The lowest BCUT2D eigenvalue weighted by atomic mass is 10.1. The quantitative estimate of drug-likeness (QED) is 0.357. The normalized spacial score (nSPS) is 27.6. The number of alkyl carbamates (subject to hydrolysis) is 1. The number of unbranched alkanes of at least 4 members (excludes halogenated alkanes) is 3. The van der Waals surface area contributed by atoms with Gasteiger partial charge in [-0.2, -0.15) is 0 Å². The van der Waals surface area contributed by atoms with E-state index in [0.717, 1.165) is 19.3 Å². The number of amides is 3. The molecule has 188 valence electrons. The number of hydrogen-bond donors (Lipinski definition) is 4. The fraction of sp³-hybridized carbons (Fsp3) is 0.826. The number of nitrogens with one attached hydrogen (secondary N) is 2. The molecule has 1 saturated heterocycles. The zero-order chi connectivity index (χ0) is 25.0. The van der Waals surface area contributed by atoms with E-state index in [1.807, 2.05) is 0 Å². The fourth-order valence-electron chi connectivity index (χ4n) is 4.24. The van der Waals surface area contributed by atoms with Crippen LogP contribution in [-0.2, 0) is 19.1 Å². The summed E-state index contributed by atoms with van der Waals surface area (Å²) < 4.78 is 5.30. The number of carbonyl (C=O) groups is 4. The molecule has 2 rings (SSSR count). The molecule has 2 fully saturated rings. The van der Waals surface area contributed by atoms with Gasteiger partial charge in [-0.15, -0.1) is 0 Å². The van der Waals surface area contributed by atoms with Crippen LogP contribution in [-0.4, -0.2) is 74.9 Å². The number of β-amino-alcohol motifs (C(OH)–C–C–N with tert-alkyl or cyclic N) is 1. The Bertz CT molecular complexity index is 751. The minimum absolute atomic E-state index is 0.0106. The van der Waals surface area contributed by atoms with E-state index in [1.165, 1.54) is 4.90 Å². The van der Waals surface area contributed by atoms with Crippen LogP contribution in [0.25, 0.3) is 0 Å². The van der Waals surface area contributed by atoms with Crippen LogP contribution < -0.4 is 10.6 Å². The summed E-state index contributed by atoms with van der Waals surface area (Å²) in [5.74, 6) is -2.41. The molecule has 0 aromatic rings. The third-order valence-corrected chi connectivity index (χ3v) is 6.24. The molecule has 33 heavy (non-hydrogen) atoms. The Morgan fingerprint density at radius 1 is 1.18 bits per heavy atom. The number of aliphatic carboxylic acids is 1. The summed E-state index contributed by atoms with van der Waals surface area (Å²) in [5, 5.41) is 24.9. The highest BCUT2D eigenvalue weighted by Gasteiger charge is 2.60. The van der Waals surface area contributed by atoms with E-state index in [9.17, 15) is 29.4 Å². The van der Waals surface area contributed by atoms with Crippen molar-refractivity contribution in [2.75, 3.05) is 6.54 Å². The maximum atomic E-state index is 13.4. The van der Waals surface area contributed by atoms with Crippen LogP contribution in [0.2, 0.25) is 0 Å². The maximum Gasteiger partial charge on any atom is 0.408 e. The SMILES string of the molecule is CCCCCC[C@H](NC(=O)OC(C)(C)C)C(=O)N1C[C@H](O)C[C@H]1C(=O)N[C@]1(C(=O)O)C[C@H]1C. The number of carboxylic acids is 1. The predicted molar refractivity (Wildman–Crippen MR) is 120 cm³/mol. The average molecular weight is 470 g/mol. The van der Waals surface area contributed by atoms with Crippen molar-refractivity contribution in [1.82, 2.24) is 15.5 Å². The van der Waals surface area contributed by atoms with Crippen molar-refractivity contribution in [3.8, 4) is 0 Å². The van der Waals surface area contributed by atoms with Crippen molar-refractivity contribution in [3.05, 3.63) is 0 Å². The van der Waals surface area contributed by atoms with E-state index >= 15 is 0 Å². The molecule has 2 aliphatic rings. The maximum absolute atomic E-state index is 13.4. The van der Waals surface area contributed by atoms with Gasteiger partial charge in [-0.25, -0.2) is 9.59 Å². The molecule has 0 aromatic carbocycles. The molecule has 0 unspecified atom stereocenters. The number of carboxylic acid groups (broad SMARTS) is 1. The Balaban J connectivity index is 2.14. The van der Waals surface area contributed by atoms with Crippen LogP contribution in [0.1, 0.15) is 79.6 Å². The monoisotopic (exact) mass is 469 g/mol. The van der Waals surface area contributed by atoms with Gasteiger partial charge in [-0.05, 0) is 39.5 Å². The second kappa shape index (κ2) is 10.7. The van der Waals surface area contributed by atoms with Gasteiger partial charge in [0.1, 0.15) is 23.2 Å². The molecule has 1 aliphatic carbocycles. The van der Waals surface area contributed by atoms with Gasteiger partial charge < -0.3 is 30.5 Å². The Kier molecular flexibility index (Phi) is 8.73. The van der Waals surface area contributed by atoms with Crippen LogP contribution in [0.3, 0.4) is 0 Å². The molecule has 10 heteroatoms. The molecule has 4 N–H and O–H groups in total. The predicted octanol–water partition coefficient (Wildman–Crippen LogP) is 1.79. The highest BCUT2D eigenvalue weighted by molar-refractivity contribution is 5.95. The summed E-state index contributed by atoms with van der Waals surface area (Å²) in [7, 11) is 0. The third-order valence-electron chi connectivity index (χ3n) is 6.24. The lowest BCUT2D eigenvalue weighted by Gasteiger charge is -2.30. The van der Waals surface area contributed by atoms with Crippen molar-refractivity contribution < 1.29 is 34.1 Å². The van der Waals surface area contributed by atoms with E-state index in [4.69, 9.17) is 4.74 Å². The summed E-state index contributed by atoms with van der Waals surface area (Å²) in [4.78, 5) is 51.6. The lowest BCUT2D eigenvalue weighted by Crippen LogP contribution is -2.56. The Morgan fingerprint density at radius 2 is 1.82 bits per heavy atom. The van der Waals surface area contributed by atoms with Crippen molar-refractivity contribution in [3.63, 3.8) is 0 Å². The number of carbonyl (C=O) groups excluding carboxylic acids is 3. The van der Waals surface area contributed by atoms with Crippen molar-refractivity contribution in [1.29, 1.82) is 0 Å². The van der Waals surface area contributed by atoms with Gasteiger partial charge in [0.15, 0.2) is 0 Å². The van der Waals surface area contributed by atoms with E-state index in [-0.39, 0.29) is 18.9 Å². The van der Waals surface area contributed by atoms with Gasteiger partial charge in [-0.1, -0.05) is 39.5 Å². The first-order chi connectivity index (χ1) is 15.3. The van der Waals surface area contributed by atoms with E-state index in [1.54, 1.807) is 27.7 Å². The topological polar surface area (TPSA) is 145 Å². The third kappa shape index (κ3) is 7.06. The van der Waals surface area contributed by atoms with Gasteiger partial charge in [0, 0.05) is 13.0 Å². The first-order valence-electron chi connectivity index (χ1n) is 11.8. The lowest BCUT2D eigenvalue weighted by molar-refractivity contribution is -0.145. The molecule has 1 aliphatic heterocycles. The number of aliphatic hydroxyl groups excluding tert-OH is 1. The molecule has 10 nitrogen and oxygen atoms in total. The minimum atomic E-state index is -1.33. The van der Waals surface area contributed by atoms with Gasteiger partial charge in [0.25, 0.3) is 0 Å². The van der Waals surface area contributed by atoms with Crippen molar-refractivity contribution in [2.24, 2.45) is 5.92 Å². The number of likely N-dealkylation sites (tertiary alicyclic amines) is 1. The Morgan fingerprint density at radius 3 is 2.33 bits per heavy atom. The van der Waals surface area contributed by atoms with Crippen LogP contribution in [0.5, 0.6) is 0 Å². The van der Waals surface area contributed by atoms with Crippen molar-refractivity contribution >= 4 is 23.9 Å². The number of rotatable bonds is 10. The van der Waals surface area contributed by atoms with Crippen LogP contribution >= 0.6 is 0 Å². The second-order valence-electron chi connectivity index (χ2n) is 10.3. The molecule has 5 atom stereocenters. The largest absolute Gasteiger partial charge is 0.479 e. The number of ether oxygens (including phenoxy) is 1. The Hall–Kier alpha value is -2.36. The molecular formula is C23H39N3O7.